The van der Waals surface area contributed by atoms with Crippen LogP contribution in [-0.4, -0.2) is 46.2 Å². The Morgan fingerprint density at radius 1 is 1.18 bits per heavy atom. The molecule has 176 valence electrons. The van der Waals surface area contributed by atoms with Crippen LogP contribution < -0.4 is 15.4 Å². The zero-order valence-corrected chi connectivity index (χ0v) is 20.6. The van der Waals surface area contributed by atoms with Crippen molar-refractivity contribution in [3.63, 3.8) is 0 Å². The Morgan fingerprint density at radius 3 is 2.67 bits per heavy atom. The van der Waals surface area contributed by atoms with Crippen molar-refractivity contribution in [3.05, 3.63) is 46.1 Å². The van der Waals surface area contributed by atoms with Gasteiger partial charge in [-0.15, -0.1) is 10.2 Å². The van der Waals surface area contributed by atoms with E-state index >= 15 is 0 Å². The van der Waals surface area contributed by atoms with Gasteiger partial charge in [-0.2, -0.15) is 0 Å². The number of para-hydroxylation sites is 1. The maximum atomic E-state index is 12.8. The fraction of sp³-hybridized carbons (Fsp3) is 0.409. The Kier molecular flexibility index (Phi) is 8.84. The van der Waals surface area contributed by atoms with Crippen molar-refractivity contribution >= 4 is 45.3 Å². The highest BCUT2D eigenvalue weighted by Crippen LogP contribution is 2.37. The Morgan fingerprint density at radius 2 is 1.97 bits per heavy atom. The van der Waals surface area contributed by atoms with E-state index < -0.39 is 12.0 Å². The summed E-state index contributed by atoms with van der Waals surface area (Å²) >= 11 is 2.59. The number of ether oxygens (including phenoxy) is 2. The fourth-order valence-electron chi connectivity index (χ4n) is 3.15. The Balaban J connectivity index is 1.81. The lowest BCUT2D eigenvalue weighted by Gasteiger charge is -2.26. The molecule has 0 bridgehead atoms. The summed E-state index contributed by atoms with van der Waals surface area (Å²) in [5, 5.41) is 15.7. The first-order valence-corrected chi connectivity index (χ1v) is 12.5. The summed E-state index contributed by atoms with van der Waals surface area (Å²) in [6.45, 7) is 8.18. The molecular formula is C22H27N5O4S2. The number of allylic oxidation sites excluding steroid dienone is 1. The fourth-order valence-corrected chi connectivity index (χ4v) is 4.59. The number of hydrogen-bond donors (Lipinski definition) is 2. The number of benzene rings is 1. The van der Waals surface area contributed by atoms with Crippen molar-refractivity contribution in [2.75, 3.05) is 24.3 Å². The highest BCUT2D eigenvalue weighted by molar-refractivity contribution is 8.14. The van der Waals surface area contributed by atoms with Crippen LogP contribution in [0.4, 0.5) is 5.13 Å². The monoisotopic (exact) mass is 489 g/mol. The predicted octanol–water partition coefficient (Wildman–Crippen LogP) is 3.71. The summed E-state index contributed by atoms with van der Waals surface area (Å²) in [7, 11) is 0. The number of thioether (sulfide) groups is 1. The summed E-state index contributed by atoms with van der Waals surface area (Å²) in [5.74, 6) is 0.115. The maximum Gasteiger partial charge on any atom is 0.338 e. The normalized spacial score (nSPS) is 15.5. The third-order valence-corrected chi connectivity index (χ3v) is 6.45. The number of amidine groups is 1. The molecule has 1 aliphatic rings. The van der Waals surface area contributed by atoms with E-state index in [4.69, 9.17) is 14.5 Å². The molecule has 11 heteroatoms. The molecule has 1 aromatic carbocycles. The number of anilines is 1. The average Bonchev–Trinajstić information content (AvgIpc) is 3.25. The molecular weight excluding hydrogens is 462 g/mol. The van der Waals surface area contributed by atoms with Gasteiger partial charge in [-0.05, 0) is 33.3 Å². The molecule has 3 rings (SSSR count). The number of esters is 1. The standard InChI is InChI=1S/C22H27N5O4S2/c1-5-17-26-27-22(33-17)24-16(28)12-32-21-23-13(4)18(20(29)31-7-3)19(25-21)14-10-8-9-11-15(14)30-6-2/h8-11,19H,5-7,12H2,1-4H3,(H,23,25)(H,24,27,28)/t19-/m0/s1. The highest BCUT2D eigenvalue weighted by Gasteiger charge is 2.32. The van der Waals surface area contributed by atoms with E-state index in [1.807, 2.05) is 38.1 Å². The minimum Gasteiger partial charge on any atom is -0.494 e. The molecule has 0 spiro atoms. The van der Waals surface area contributed by atoms with Crippen LogP contribution in [0, 0.1) is 0 Å². The number of rotatable bonds is 9. The quantitative estimate of drug-likeness (QED) is 0.512. The Labute approximate surface area is 201 Å². The lowest BCUT2D eigenvalue weighted by molar-refractivity contribution is -0.139. The third kappa shape index (κ3) is 6.32. The second-order valence-corrected chi connectivity index (χ2v) is 8.91. The van der Waals surface area contributed by atoms with Crippen LogP contribution in [0.5, 0.6) is 5.75 Å². The van der Waals surface area contributed by atoms with Gasteiger partial charge in [-0.1, -0.05) is 48.2 Å². The topological polar surface area (TPSA) is 115 Å². The molecule has 1 aromatic heterocycles. The van der Waals surface area contributed by atoms with Gasteiger partial charge in [0.25, 0.3) is 0 Å². The summed E-state index contributed by atoms with van der Waals surface area (Å²) in [6.07, 6.45) is 0.766. The molecule has 0 saturated heterocycles. The van der Waals surface area contributed by atoms with Gasteiger partial charge < -0.3 is 14.8 Å². The number of hydrogen-bond acceptors (Lipinski definition) is 10. The molecule has 1 aliphatic heterocycles. The van der Waals surface area contributed by atoms with Gasteiger partial charge in [0, 0.05) is 11.3 Å². The van der Waals surface area contributed by atoms with E-state index in [1.54, 1.807) is 13.8 Å². The van der Waals surface area contributed by atoms with Crippen molar-refractivity contribution in [2.24, 2.45) is 4.99 Å². The molecule has 0 fully saturated rings. The number of nitrogens with zero attached hydrogens (tertiary/aromatic N) is 3. The van der Waals surface area contributed by atoms with Crippen LogP contribution in [0.15, 0.2) is 40.5 Å². The van der Waals surface area contributed by atoms with Crippen molar-refractivity contribution in [3.8, 4) is 5.75 Å². The van der Waals surface area contributed by atoms with Crippen molar-refractivity contribution in [1.29, 1.82) is 0 Å². The van der Waals surface area contributed by atoms with Gasteiger partial charge in [0.05, 0.1) is 24.5 Å². The molecule has 2 heterocycles. The van der Waals surface area contributed by atoms with Gasteiger partial charge >= 0.3 is 5.97 Å². The second kappa shape index (κ2) is 11.8. The number of amides is 1. The number of carbonyl (C=O) groups is 2. The predicted molar refractivity (Wildman–Crippen MR) is 131 cm³/mol. The van der Waals surface area contributed by atoms with Crippen LogP contribution in [0.1, 0.15) is 44.3 Å². The summed E-state index contributed by atoms with van der Waals surface area (Å²) in [5.41, 5.74) is 1.80. The lowest BCUT2D eigenvalue weighted by Crippen LogP contribution is -2.31. The smallest absolute Gasteiger partial charge is 0.338 e. The molecule has 0 radical (unpaired) electrons. The third-order valence-electron chi connectivity index (χ3n) is 4.58. The zero-order chi connectivity index (χ0) is 23.8. The first-order valence-electron chi connectivity index (χ1n) is 10.7. The van der Waals surface area contributed by atoms with Crippen LogP contribution in [0.2, 0.25) is 0 Å². The molecule has 9 nitrogen and oxygen atoms in total. The van der Waals surface area contributed by atoms with Crippen LogP contribution in [-0.2, 0) is 20.7 Å². The number of nitrogens with one attached hydrogen (secondary N) is 2. The lowest BCUT2D eigenvalue weighted by atomic mass is 9.96. The SMILES string of the molecule is CCOC(=O)C1=C(C)NC(SCC(=O)Nc2nnc(CC)s2)=N[C@H]1c1ccccc1OCC. The Hall–Kier alpha value is -2.92. The summed E-state index contributed by atoms with van der Waals surface area (Å²) in [4.78, 5) is 29.9. The van der Waals surface area contributed by atoms with Crippen molar-refractivity contribution in [2.45, 2.75) is 40.2 Å². The molecule has 2 aromatic rings. The van der Waals surface area contributed by atoms with Gasteiger partial charge in [0.15, 0.2) is 5.17 Å². The van der Waals surface area contributed by atoms with Crippen molar-refractivity contribution in [1.82, 2.24) is 15.5 Å². The van der Waals surface area contributed by atoms with Crippen LogP contribution in [0.3, 0.4) is 0 Å². The van der Waals surface area contributed by atoms with E-state index in [9.17, 15) is 9.59 Å². The molecule has 0 aliphatic carbocycles. The molecule has 0 saturated carbocycles. The van der Waals surface area contributed by atoms with E-state index in [0.717, 1.165) is 17.0 Å². The second-order valence-electron chi connectivity index (χ2n) is 6.88. The molecule has 1 atom stereocenters. The van der Waals surface area contributed by atoms with Crippen molar-refractivity contribution < 1.29 is 19.1 Å². The summed E-state index contributed by atoms with van der Waals surface area (Å²) < 4.78 is 11.1. The average molecular weight is 490 g/mol. The number of aromatic nitrogens is 2. The first-order chi connectivity index (χ1) is 16.0. The van der Waals surface area contributed by atoms with E-state index in [-0.39, 0.29) is 18.3 Å². The van der Waals surface area contributed by atoms with Crippen LogP contribution in [0.25, 0.3) is 0 Å². The van der Waals surface area contributed by atoms with E-state index in [1.165, 1.54) is 23.1 Å². The van der Waals surface area contributed by atoms with Gasteiger partial charge in [0.1, 0.15) is 16.8 Å². The minimum atomic E-state index is -0.617. The Bertz CT molecular complexity index is 1070. The summed E-state index contributed by atoms with van der Waals surface area (Å²) in [6, 6.07) is 6.86. The maximum absolute atomic E-state index is 12.8. The number of carbonyl (C=O) groups excluding carboxylic acids is 2. The minimum absolute atomic E-state index is 0.120. The highest BCUT2D eigenvalue weighted by atomic mass is 32.2. The van der Waals surface area contributed by atoms with Gasteiger partial charge in [-0.25, -0.2) is 9.79 Å². The molecule has 33 heavy (non-hydrogen) atoms. The number of aryl methyl sites for hydroxylation is 1. The molecule has 1 amide bonds. The molecule has 0 unspecified atom stereocenters. The first kappa shape index (κ1) is 24.7. The van der Waals surface area contributed by atoms with E-state index in [0.29, 0.717) is 33.9 Å². The van der Waals surface area contributed by atoms with Gasteiger partial charge in [-0.3, -0.25) is 10.1 Å². The molecule has 2 N–H and O–H groups in total. The largest absolute Gasteiger partial charge is 0.494 e. The number of aliphatic imine (C=N–C) groups is 1. The zero-order valence-electron chi connectivity index (χ0n) is 19.0. The van der Waals surface area contributed by atoms with Gasteiger partial charge in [0.2, 0.25) is 11.0 Å². The van der Waals surface area contributed by atoms with E-state index in [2.05, 4.69) is 20.8 Å². The van der Waals surface area contributed by atoms with Crippen LogP contribution >= 0.6 is 23.1 Å².